The molecular weight excluding hydrogens is 192 g/mol. The van der Waals surface area contributed by atoms with Crippen LogP contribution in [-0.2, 0) is 0 Å². The number of amides is 1. The Bertz CT molecular complexity index is 284. The molecule has 0 atom stereocenters. The lowest BCUT2D eigenvalue weighted by Crippen LogP contribution is -2.30. The van der Waals surface area contributed by atoms with Crippen LogP contribution in [0.15, 0.2) is 18.7 Å². The first-order valence-electron chi connectivity index (χ1n) is 5.18. The number of carbonyl (C=O) groups excluding carboxylic acids is 1. The quantitative estimate of drug-likeness (QED) is 0.731. The van der Waals surface area contributed by atoms with E-state index in [2.05, 4.69) is 29.2 Å². The molecule has 0 aliphatic rings. The predicted molar refractivity (Wildman–Crippen MR) is 58.8 cm³/mol. The summed E-state index contributed by atoms with van der Waals surface area (Å²) >= 11 is 0. The van der Waals surface area contributed by atoms with Crippen molar-refractivity contribution in [3.63, 3.8) is 0 Å². The molecule has 0 radical (unpaired) electrons. The average Bonchev–Trinajstić information content (AvgIpc) is 2.77. The zero-order valence-electron chi connectivity index (χ0n) is 9.31. The fourth-order valence-electron chi connectivity index (χ4n) is 1.17. The van der Waals surface area contributed by atoms with Gasteiger partial charge in [-0.2, -0.15) is 0 Å². The molecule has 1 N–H and O–H groups in total. The van der Waals surface area contributed by atoms with Crippen molar-refractivity contribution in [2.24, 2.45) is 0 Å². The molecule has 0 saturated heterocycles. The SMILES string of the molecule is CCN(C)CCCNC(=O)n1ccnc1. The van der Waals surface area contributed by atoms with Gasteiger partial charge in [0.1, 0.15) is 6.33 Å². The smallest absolute Gasteiger partial charge is 0.326 e. The largest absolute Gasteiger partial charge is 0.337 e. The van der Waals surface area contributed by atoms with E-state index in [1.165, 1.54) is 10.9 Å². The lowest BCUT2D eigenvalue weighted by Gasteiger charge is -2.13. The van der Waals surface area contributed by atoms with E-state index < -0.39 is 0 Å². The van der Waals surface area contributed by atoms with Gasteiger partial charge in [-0.15, -0.1) is 0 Å². The van der Waals surface area contributed by atoms with Gasteiger partial charge in [-0.25, -0.2) is 9.78 Å². The molecule has 1 heterocycles. The number of aromatic nitrogens is 2. The van der Waals surface area contributed by atoms with Crippen molar-refractivity contribution in [1.29, 1.82) is 0 Å². The van der Waals surface area contributed by atoms with Crippen LogP contribution in [0.5, 0.6) is 0 Å². The second kappa shape index (κ2) is 6.19. The third-order valence-electron chi connectivity index (χ3n) is 2.27. The minimum Gasteiger partial charge on any atom is -0.337 e. The van der Waals surface area contributed by atoms with Gasteiger partial charge in [-0.05, 0) is 26.6 Å². The number of hydrogen-bond acceptors (Lipinski definition) is 3. The summed E-state index contributed by atoms with van der Waals surface area (Å²) in [6.07, 6.45) is 5.68. The molecule has 1 aromatic rings. The Morgan fingerprint density at radius 1 is 1.60 bits per heavy atom. The molecule has 5 heteroatoms. The summed E-state index contributed by atoms with van der Waals surface area (Å²) in [6, 6.07) is -0.119. The maximum atomic E-state index is 11.4. The van der Waals surface area contributed by atoms with Gasteiger partial charge in [0.25, 0.3) is 0 Å². The number of imidazole rings is 1. The highest BCUT2D eigenvalue weighted by Crippen LogP contribution is 1.87. The number of nitrogens with zero attached hydrogens (tertiary/aromatic N) is 3. The van der Waals surface area contributed by atoms with Crippen molar-refractivity contribution in [3.05, 3.63) is 18.7 Å². The first kappa shape index (κ1) is 11.7. The van der Waals surface area contributed by atoms with Crippen molar-refractivity contribution in [1.82, 2.24) is 19.8 Å². The summed E-state index contributed by atoms with van der Waals surface area (Å²) < 4.78 is 1.43. The van der Waals surface area contributed by atoms with Gasteiger partial charge in [0, 0.05) is 18.9 Å². The summed E-state index contributed by atoms with van der Waals surface area (Å²) in [5.41, 5.74) is 0. The Kier molecular flexibility index (Phi) is 4.83. The van der Waals surface area contributed by atoms with Gasteiger partial charge in [0.05, 0.1) is 0 Å². The Balaban J connectivity index is 2.13. The molecular formula is C10H18N4O. The predicted octanol–water partition coefficient (Wildman–Crippen LogP) is 0.783. The standard InChI is InChI=1S/C10H18N4O/c1-3-13(2)7-4-5-12-10(15)14-8-6-11-9-14/h6,8-9H,3-5,7H2,1-2H3,(H,12,15). The van der Waals surface area contributed by atoms with Gasteiger partial charge in [0.2, 0.25) is 0 Å². The van der Waals surface area contributed by atoms with Crippen LogP contribution in [0.25, 0.3) is 0 Å². The third-order valence-corrected chi connectivity index (χ3v) is 2.27. The molecule has 0 aliphatic heterocycles. The maximum Gasteiger partial charge on any atom is 0.326 e. The van der Waals surface area contributed by atoms with Crippen molar-refractivity contribution >= 4 is 6.03 Å². The van der Waals surface area contributed by atoms with Crippen LogP contribution in [-0.4, -0.2) is 47.2 Å². The average molecular weight is 210 g/mol. The van der Waals surface area contributed by atoms with Crippen LogP contribution in [0.2, 0.25) is 0 Å². The number of hydrogen-bond donors (Lipinski definition) is 1. The first-order chi connectivity index (χ1) is 7.24. The van der Waals surface area contributed by atoms with E-state index in [0.29, 0.717) is 6.54 Å². The molecule has 0 bridgehead atoms. The second-order valence-corrected chi connectivity index (χ2v) is 3.45. The van der Waals surface area contributed by atoms with Crippen LogP contribution >= 0.6 is 0 Å². The van der Waals surface area contributed by atoms with Crippen molar-refractivity contribution < 1.29 is 4.79 Å². The molecule has 0 spiro atoms. The van der Waals surface area contributed by atoms with Gasteiger partial charge >= 0.3 is 6.03 Å². The normalized spacial score (nSPS) is 10.6. The van der Waals surface area contributed by atoms with Crippen LogP contribution < -0.4 is 5.32 Å². The Morgan fingerprint density at radius 2 is 2.40 bits per heavy atom. The molecule has 0 unspecified atom stereocenters. The molecule has 1 amide bonds. The molecule has 84 valence electrons. The van der Waals surface area contributed by atoms with Gasteiger partial charge in [-0.3, -0.25) is 4.57 Å². The zero-order valence-corrected chi connectivity index (χ0v) is 9.31. The molecule has 1 aromatic heterocycles. The molecule has 0 aliphatic carbocycles. The van der Waals surface area contributed by atoms with Gasteiger partial charge in [-0.1, -0.05) is 6.92 Å². The van der Waals surface area contributed by atoms with Gasteiger partial charge < -0.3 is 10.2 Å². The minimum atomic E-state index is -0.119. The summed E-state index contributed by atoms with van der Waals surface area (Å²) in [7, 11) is 2.07. The van der Waals surface area contributed by atoms with E-state index in [0.717, 1.165) is 19.5 Å². The highest BCUT2D eigenvalue weighted by atomic mass is 16.2. The molecule has 1 rings (SSSR count). The number of carbonyl (C=O) groups is 1. The first-order valence-corrected chi connectivity index (χ1v) is 5.18. The molecule has 5 nitrogen and oxygen atoms in total. The highest BCUT2D eigenvalue weighted by molar-refractivity contribution is 5.76. The lowest BCUT2D eigenvalue weighted by molar-refractivity contribution is 0.241. The Labute approximate surface area is 90.1 Å². The number of nitrogens with one attached hydrogen (secondary N) is 1. The van der Waals surface area contributed by atoms with E-state index >= 15 is 0 Å². The fourth-order valence-corrected chi connectivity index (χ4v) is 1.17. The summed E-state index contributed by atoms with van der Waals surface area (Å²) in [5, 5.41) is 2.82. The molecule has 0 fully saturated rings. The van der Waals surface area contributed by atoms with Gasteiger partial charge in [0.15, 0.2) is 0 Å². The lowest BCUT2D eigenvalue weighted by atomic mass is 10.4. The third kappa shape index (κ3) is 4.12. The van der Waals surface area contributed by atoms with Crippen molar-refractivity contribution in [3.8, 4) is 0 Å². The fraction of sp³-hybridized carbons (Fsp3) is 0.600. The molecule has 15 heavy (non-hydrogen) atoms. The molecule has 0 aromatic carbocycles. The Morgan fingerprint density at radius 3 is 3.00 bits per heavy atom. The van der Waals surface area contributed by atoms with Crippen molar-refractivity contribution in [2.75, 3.05) is 26.7 Å². The van der Waals surface area contributed by atoms with E-state index in [1.54, 1.807) is 12.4 Å². The monoisotopic (exact) mass is 210 g/mol. The zero-order chi connectivity index (χ0) is 11.1. The highest BCUT2D eigenvalue weighted by Gasteiger charge is 2.01. The topological polar surface area (TPSA) is 50.2 Å². The number of rotatable bonds is 5. The van der Waals surface area contributed by atoms with E-state index in [-0.39, 0.29) is 6.03 Å². The molecule has 0 saturated carbocycles. The maximum absolute atomic E-state index is 11.4. The summed E-state index contributed by atoms with van der Waals surface area (Å²) in [6.45, 7) is 4.85. The van der Waals surface area contributed by atoms with E-state index in [4.69, 9.17) is 0 Å². The van der Waals surface area contributed by atoms with Crippen LogP contribution in [0, 0.1) is 0 Å². The van der Waals surface area contributed by atoms with Crippen molar-refractivity contribution in [2.45, 2.75) is 13.3 Å². The Hall–Kier alpha value is -1.36. The van der Waals surface area contributed by atoms with Crippen LogP contribution in [0.1, 0.15) is 13.3 Å². The van der Waals surface area contributed by atoms with Crippen LogP contribution in [0.3, 0.4) is 0 Å². The summed E-state index contributed by atoms with van der Waals surface area (Å²) in [5.74, 6) is 0. The van der Waals surface area contributed by atoms with E-state index in [1.807, 2.05) is 0 Å². The minimum absolute atomic E-state index is 0.119. The van der Waals surface area contributed by atoms with Crippen LogP contribution in [0.4, 0.5) is 4.79 Å². The second-order valence-electron chi connectivity index (χ2n) is 3.45. The summed E-state index contributed by atoms with van der Waals surface area (Å²) in [4.78, 5) is 17.4. The van der Waals surface area contributed by atoms with E-state index in [9.17, 15) is 4.79 Å².